The van der Waals surface area contributed by atoms with Gasteiger partial charge in [0.1, 0.15) is 18.1 Å². The van der Waals surface area contributed by atoms with E-state index in [1.54, 1.807) is 6.92 Å². The van der Waals surface area contributed by atoms with Crippen molar-refractivity contribution in [2.24, 2.45) is 5.73 Å². The maximum Gasteiger partial charge on any atom is 0.268 e. The molecule has 0 aliphatic rings. The van der Waals surface area contributed by atoms with E-state index in [9.17, 15) is 9.59 Å². The van der Waals surface area contributed by atoms with Crippen LogP contribution in [0.25, 0.3) is 0 Å². The molecule has 18 heavy (non-hydrogen) atoms. The fraction of sp³-hybridized carbons (Fsp3) is 0.545. The van der Waals surface area contributed by atoms with Crippen molar-refractivity contribution in [3.8, 4) is 0 Å². The molecule has 2 amide bonds. The Bertz CT molecular complexity index is 416. The minimum Gasteiger partial charge on any atom is -0.369 e. The number of imidazole rings is 1. The summed E-state index contributed by atoms with van der Waals surface area (Å²) in [4.78, 5) is 26.5. The van der Waals surface area contributed by atoms with Crippen molar-refractivity contribution in [1.29, 1.82) is 0 Å². The highest BCUT2D eigenvalue weighted by atomic mass is 16.5. The fourth-order valence-corrected chi connectivity index (χ4v) is 1.26. The summed E-state index contributed by atoms with van der Waals surface area (Å²) in [7, 11) is 0. The smallest absolute Gasteiger partial charge is 0.268 e. The molecule has 1 rings (SSSR count). The Balaban J connectivity index is 2.53. The first kappa shape index (κ1) is 14.2. The van der Waals surface area contributed by atoms with Gasteiger partial charge in [0, 0.05) is 6.61 Å². The largest absolute Gasteiger partial charge is 0.369 e. The second-order valence-corrected chi connectivity index (χ2v) is 3.86. The number of nitrogens with zero attached hydrogens (tertiary/aromatic N) is 2. The zero-order chi connectivity index (χ0) is 13.5. The number of nitrogens with two attached hydrogens (primary N) is 1. The van der Waals surface area contributed by atoms with E-state index >= 15 is 0 Å². The van der Waals surface area contributed by atoms with Crippen molar-refractivity contribution in [3.63, 3.8) is 0 Å². The van der Waals surface area contributed by atoms with Crippen molar-refractivity contribution in [2.75, 3.05) is 12.0 Å². The highest BCUT2D eigenvalue weighted by molar-refractivity contribution is 5.93. The van der Waals surface area contributed by atoms with Gasteiger partial charge in [-0.05, 0) is 13.3 Å². The number of aromatic nitrogens is 2. The zero-order valence-electron chi connectivity index (χ0n) is 10.5. The summed E-state index contributed by atoms with van der Waals surface area (Å²) in [6.07, 6.45) is 3.89. The van der Waals surface area contributed by atoms with E-state index in [0.29, 0.717) is 6.61 Å². The van der Waals surface area contributed by atoms with Crippen LogP contribution in [0.2, 0.25) is 0 Å². The van der Waals surface area contributed by atoms with Crippen LogP contribution >= 0.6 is 0 Å². The third kappa shape index (κ3) is 3.85. The summed E-state index contributed by atoms with van der Waals surface area (Å²) in [5.41, 5.74) is 7.73. The number of rotatable bonds is 7. The van der Waals surface area contributed by atoms with Gasteiger partial charge in [-0.2, -0.15) is 0 Å². The maximum atomic E-state index is 11.7. The molecule has 100 valence electrons. The molecule has 0 aromatic carbocycles. The third-order valence-corrected chi connectivity index (χ3v) is 2.36. The Kier molecular flexibility index (Phi) is 5.31. The van der Waals surface area contributed by atoms with E-state index in [-0.39, 0.29) is 11.6 Å². The van der Waals surface area contributed by atoms with Gasteiger partial charge in [0.05, 0.1) is 6.20 Å². The molecule has 0 aliphatic heterocycles. The molecule has 7 nitrogen and oxygen atoms in total. The number of carbonyl (C=O) groups is 2. The number of hydrogen-bond donors (Lipinski definition) is 2. The summed E-state index contributed by atoms with van der Waals surface area (Å²) in [6, 6.07) is 0. The molecule has 1 heterocycles. The molecule has 1 aromatic heterocycles. The van der Waals surface area contributed by atoms with Crippen molar-refractivity contribution in [2.45, 2.75) is 32.8 Å². The zero-order valence-corrected chi connectivity index (χ0v) is 10.5. The van der Waals surface area contributed by atoms with Gasteiger partial charge in [-0.3, -0.25) is 15.0 Å². The van der Waals surface area contributed by atoms with Gasteiger partial charge in [-0.25, -0.2) is 9.66 Å². The number of hydrogen-bond acceptors (Lipinski definition) is 4. The van der Waals surface area contributed by atoms with Crippen molar-refractivity contribution >= 4 is 11.8 Å². The first-order valence-electron chi connectivity index (χ1n) is 5.80. The van der Waals surface area contributed by atoms with Crippen LogP contribution in [-0.4, -0.2) is 34.2 Å². The van der Waals surface area contributed by atoms with Gasteiger partial charge < -0.3 is 10.5 Å². The Morgan fingerprint density at radius 3 is 2.94 bits per heavy atom. The lowest BCUT2D eigenvalue weighted by molar-refractivity contribution is -0.127. The summed E-state index contributed by atoms with van der Waals surface area (Å²) in [6.45, 7) is 4.21. The number of primary amides is 1. The van der Waals surface area contributed by atoms with Crippen LogP contribution in [0.15, 0.2) is 12.5 Å². The van der Waals surface area contributed by atoms with Gasteiger partial charge >= 0.3 is 0 Å². The summed E-state index contributed by atoms with van der Waals surface area (Å²) in [5.74, 6) is -1.01. The molecule has 0 bridgehead atoms. The second kappa shape index (κ2) is 6.75. The van der Waals surface area contributed by atoms with Gasteiger partial charge in [0.25, 0.3) is 11.8 Å². The van der Waals surface area contributed by atoms with Gasteiger partial charge in [0.15, 0.2) is 0 Å². The van der Waals surface area contributed by atoms with Crippen molar-refractivity contribution in [1.82, 2.24) is 9.66 Å². The van der Waals surface area contributed by atoms with Crippen LogP contribution < -0.4 is 11.2 Å². The SMILES string of the molecule is CCCCOC(C)C(=O)Nn1cncc1C(N)=O. The standard InChI is InChI=1S/C11H18N4O3/c1-3-4-5-18-8(2)11(17)14-15-7-13-6-9(15)10(12)16/h6-8H,3-5H2,1-2H3,(H2,12,16)(H,14,17). The normalized spacial score (nSPS) is 12.1. The lowest BCUT2D eigenvalue weighted by Gasteiger charge is -2.14. The highest BCUT2D eigenvalue weighted by Gasteiger charge is 2.16. The Morgan fingerprint density at radius 1 is 1.61 bits per heavy atom. The lowest BCUT2D eigenvalue weighted by Crippen LogP contribution is -2.35. The quantitative estimate of drug-likeness (QED) is 0.681. The Hall–Kier alpha value is -1.89. The average Bonchev–Trinajstić information content (AvgIpc) is 2.77. The summed E-state index contributed by atoms with van der Waals surface area (Å²) >= 11 is 0. The molecule has 7 heteroatoms. The molecule has 0 aliphatic carbocycles. The van der Waals surface area contributed by atoms with E-state index in [1.807, 2.05) is 6.92 Å². The molecule has 1 unspecified atom stereocenters. The second-order valence-electron chi connectivity index (χ2n) is 3.86. The molecule has 0 saturated heterocycles. The minimum absolute atomic E-state index is 0.115. The average molecular weight is 254 g/mol. The van der Waals surface area contributed by atoms with Crippen LogP contribution in [-0.2, 0) is 9.53 Å². The number of unbranched alkanes of at least 4 members (excludes halogenated alkanes) is 1. The van der Waals surface area contributed by atoms with Crippen LogP contribution in [0, 0.1) is 0 Å². The van der Waals surface area contributed by atoms with Crippen molar-refractivity contribution < 1.29 is 14.3 Å². The maximum absolute atomic E-state index is 11.7. The van der Waals surface area contributed by atoms with E-state index in [4.69, 9.17) is 10.5 Å². The number of ether oxygens (including phenoxy) is 1. The molecule has 3 N–H and O–H groups in total. The molecule has 0 fully saturated rings. The van der Waals surface area contributed by atoms with Crippen molar-refractivity contribution in [3.05, 3.63) is 18.2 Å². The first-order chi connectivity index (χ1) is 8.56. The predicted molar refractivity (Wildman–Crippen MR) is 65.4 cm³/mol. The molecular formula is C11H18N4O3. The third-order valence-electron chi connectivity index (χ3n) is 2.36. The monoisotopic (exact) mass is 254 g/mol. The molecular weight excluding hydrogens is 236 g/mol. The van der Waals surface area contributed by atoms with Gasteiger partial charge in [0.2, 0.25) is 0 Å². The molecule has 1 atom stereocenters. The van der Waals surface area contributed by atoms with Crippen LogP contribution in [0.4, 0.5) is 0 Å². The number of nitrogens with one attached hydrogen (secondary N) is 1. The van der Waals surface area contributed by atoms with Crippen LogP contribution in [0.5, 0.6) is 0 Å². The molecule has 0 spiro atoms. The van der Waals surface area contributed by atoms with Crippen LogP contribution in [0.3, 0.4) is 0 Å². The minimum atomic E-state index is -0.660. The molecule has 0 radical (unpaired) electrons. The van der Waals surface area contributed by atoms with E-state index in [2.05, 4.69) is 10.4 Å². The number of amides is 2. The van der Waals surface area contributed by atoms with Gasteiger partial charge in [-0.15, -0.1) is 0 Å². The summed E-state index contributed by atoms with van der Waals surface area (Å²) < 4.78 is 6.52. The first-order valence-corrected chi connectivity index (χ1v) is 5.80. The van der Waals surface area contributed by atoms with E-state index in [1.165, 1.54) is 17.2 Å². The topological polar surface area (TPSA) is 99.2 Å². The predicted octanol–water partition coefficient (Wildman–Crippen LogP) is 0.257. The van der Waals surface area contributed by atoms with E-state index in [0.717, 1.165) is 12.8 Å². The van der Waals surface area contributed by atoms with E-state index < -0.39 is 12.0 Å². The highest BCUT2D eigenvalue weighted by Crippen LogP contribution is 1.99. The molecule has 1 aromatic rings. The Morgan fingerprint density at radius 2 is 2.33 bits per heavy atom. The Labute approximate surface area is 105 Å². The fourth-order valence-electron chi connectivity index (χ4n) is 1.26. The summed E-state index contributed by atoms with van der Waals surface area (Å²) in [5, 5.41) is 0. The molecule has 0 saturated carbocycles. The number of carbonyl (C=O) groups excluding carboxylic acids is 2. The van der Waals surface area contributed by atoms with Gasteiger partial charge in [-0.1, -0.05) is 13.3 Å². The van der Waals surface area contributed by atoms with Crippen LogP contribution in [0.1, 0.15) is 37.2 Å². The lowest BCUT2D eigenvalue weighted by atomic mass is 10.3.